The predicted octanol–water partition coefficient (Wildman–Crippen LogP) is 3.90. The van der Waals surface area contributed by atoms with E-state index in [9.17, 15) is 9.50 Å². The van der Waals surface area contributed by atoms with E-state index in [0.29, 0.717) is 15.6 Å². The maximum atomic E-state index is 13.4. The number of hydrogen-bond acceptors (Lipinski definition) is 1. The van der Waals surface area contributed by atoms with Gasteiger partial charge in [-0.2, -0.15) is 0 Å². The van der Waals surface area contributed by atoms with Crippen LogP contribution < -0.4 is 0 Å². The van der Waals surface area contributed by atoms with Gasteiger partial charge in [0, 0.05) is 11.1 Å². The molecular weight excluding hydrogens is 247 g/mol. The van der Waals surface area contributed by atoms with Gasteiger partial charge in [-0.05, 0) is 34.3 Å². The zero-order valence-electron chi connectivity index (χ0n) is 8.78. The summed E-state index contributed by atoms with van der Waals surface area (Å²) in [5.41, 5.74) is 0.796. The first-order chi connectivity index (χ1) is 6.25. The van der Waals surface area contributed by atoms with E-state index in [4.69, 9.17) is 0 Å². The Morgan fingerprint density at radius 2 is 1.86 bits per heavy atom. The Bertz CT molecular complexity index is 367. The van der Waals surface area contributed by atoms with Gasteiger partial charge in [0.2, 0.25) is 0 Å². The van der Waals surface area contributed by atoms with Crippen LogP contribution in [0.4, 0.5) is 4.39 Å². The van der Waals surface area contributed by atoms with Gasteiger partial charge in [0.15, 0.2) is 0 Å². The van der Waals surface area contributed by atoms with Crippen LogP contribution in [0.2, 0.25) is 0 Å². The zero-order chi connectivity index (χ0) is 11.1. The summed E-state index contributed by atoms with van der Waals surface area (Å²) in [6.07, 6.45) is 0. The largest absolute Gasteiger partial charge is 0.506 e. The van der Waals surface area contributed by atoms with Crippen molar-refractivity contribution in [2.24, 2.45) is 0 Å². The number of hydrogen-bond donors (Lipinski definition) is 1. The molecule has 0 atom stereocenters. The lowest BCUT2D eigenvalue weighted by atomic mass is 9.86. The Kier molecular flexibility index (Phi) is 2.91. The van der Waals surface area contributed by atoms with Gasteiger partial charge in [0.1, 0.15) is 11.6 Å². The standard InChI is InChI=1S/C11H14BrFO/c1-6-8(13)5-7(11(2,3)4)10(14)9(6)12/h5,14H,1-4H3. The molecular formula is C11H14BrFO. The van der Waals surface area contributed by atoms with Gasteiger partial charge in [-0.25, -0.2) is 4.39 Å². The second-order valence-corrected chi connectivity index (χ2v) is 5.24. The normalized spacial score (nSPS) is 11.9. The van der Waals surface area contributed by atoms with E-state index in [0.717, 1.165) is 0 Å². The zero-order valence-corrected chi connectivity index (χ0v) is 10.4. The number of phenols is 1. The van der Waals surface area contributed by atoms with E-state index >= 15 is 0 Å². The second-order valence-electron chi connectivity index (χ2n) is 4.44. The highest BCUT2D eigenvalue weighted by atomic mass is 79.9. The average Bonchev–Trinajstić information content (AvgIpc) is 2.06. The molecule has 1 rings (SSSR count). The smallest absolute Gasteiger partial charge is 0.133 e. The molecule has 0 heterocycles. The summed E-state index contributed by atoms with van der Waals surface area (Å²) in [6.45, 7) is 7.43. The van der Waals surface area contributed by atoms with Crippen LogP contribution in [0, 0.1) is 12.7 Å². The molecule has 0 aromatic heterocycles. The number of phenolic OH excluding ortho intramolecular Hbond substituents is 1. The van der Waals surface area contributed by atoms with Gasteiger partial charge in [-0.3, -0.25) is 0 Å². The predicted molar refractivity (Wildman–Crippen MR) is 59.2 cm³/mol. The fourth-order valence-electron chi connectivity index (χ4n) is 1.28. The van der Waals surface area contributed by atoms with Gasteiger partial charge >= 0.3 is 0 Å². The molecule has 0 aliphatic carbocycles. The molecule has 0 spiro atoms. The second kappa shape index (κ2) is 3.54. The summed E-state index contributed by atoms with van der Waals surface area (Å²) in [4.78, 5) is 0. The van der Waals surface area contributed by atoms with Crippen LogP contribution in [0.25, 0.3) is 0 Å². The average molecular weight is 261 g/mol. The Hall–Kier alpha value is -0.570. The van der Waals surface area contributed by atoms with Gasteiger partial charge in [0.25, 0.3) is 0 Å². The lowest BCUT2D eigenvalue weighted by molar-refractivity contribution is 0.438. The maximum Gasteiger partial charge on any atom is 0.133 e. The molecule has 1 aromatic rings. The summed E-state index contributed by atoms with van der Waals surface area (Å²) >= 11 is 3.18. The van der Waals surface area contributed by atoms with Gasteiger partial charge in [-0.15, -0.1) is 0 Å². The molecule has 78 valence electrons. The highest BCUT2D eigenvalue weighted by Crippen LogP contribution is 2.38. The molecule has 14 heavy (non-hydrogen) atoms. The van der Waals surface area contributed by atoms with Gasteiger partial charge in [-0.1, -0.05) is 20.8 Å². The van der Waals surface area contributed by atoms with Crippen molar-refractivity contribution in [1.29, 1.82) is 0 Å². The number of rotatable bonds is 0. The lowest BCUT2D eigenvalue weighted by Gasteiger charge is -2.22. The number of benzene rings is 1. The molecule has 0 aliphatic heterocycles. The van der Waals surface area contributed by atoms with Gasteiger partial charge in [0.05, 0.1) is 4.47 Å². The van der Waals surface area contributed by atoms with Crippen molar-refractivity contribution in [3.05, 3.63) is 27.5 Å². The third-order valence-corrected chi connectivity index (χ3v) is 3.20. The molecule has 0 bridgehead atoms. The first-order valence-corrected chi connectivity index (χ1v) is 5.22. The van der Waals surface area contributed by atoms with Crippen LogP contribution in [0.15, 0.2) is 10.5 Å². The minimum Gasteiger partial charge on any atom is -0.506 e. The molecule has 0 aliphatic rings. The highest BCUT2D eigenvalue weighted by Gasteiger charge is 2.22. The Morgan fingerprint density at radius 1 is 1.36 bits per heavy atom. The quantitative estimate of drug-likeness (QED) is 0.750. The van der Waals surface area contributed by atoms with E-state index in [1.807, 2.05) is 20.8 Å². The molecule has 1 nitrogen and oxygen atoms in total. The monoisotopic (exact) mass is 260 g/mol. The SMILES string of the molecule is Cc1c(F)cc(C(C)(C)C)c(O)c1Br. The Morgan fingerprint density at radius 3 is 2.29 bits per heavy atom. The van der Waals surface area contributed by atoms with Crippen LogP contribution in [-0.4, -0.2) is 5.11 Å². The van der Waals surface area contributed by atoms with E-state index < -0.39 is 0 Å². The van der Waals surface area contributed by atoms with Crippen molar-refractivity contribution in [3.8, 4) is 5.75 Å². The van der Waals surface area contributed by atoms with Crippen molar-refractivity contribution >= 4 is 15.9 Å². The summed E-state index contributed by atoms with van der Waals surface area (Å²) < 4.78 is 13.9. The molecule has 0 fully saturated rings. The van der Waals surface area contributed by atoms with E-state index in [-0.39, 0.29) is 17.0 Å². The molecule has 1 N–H and O–H groups in total. The summed E-state index contributed by atoms with van der Waals surface area (Å²) in [6, 6.07) is 1.40. The van der Waals surface area contributed by atoms with Crippen LogP contribution in [0.3, 0.4) is 0 Å². The van der Waals surface area contributed by atoms with Crippen LogP contribution in [0.5, 0.6) is 5.75 Å². The molecule has 0 saturated carbocycles. The van der Waals surface area contributed by atoms with Crippen molar-refractivity contribution in [2.45, 2.75) is 33.1 Å². The molecule has 0 radical (unpaired) electrons. The molecule has 0 amide bonds. The van der Waals surface area contributed by atoms with E-state index in [1.54, 1.807) is 6.92 Å². The van der Waals surface area contributed by atoms with Gasteiger partial charge < -0.3 is 5.11 Å². The summed E-state index contributed by atoms with van der Waals surface area (Å²) in [5, 5.41) is 9.82. The van der Waals surface area contributed by atoms with Crippen molar-refractivity contribution in [3.63, 3.8) is 0 Å². The minimum absolute atomic E-state index is 0.136. The first-order valence-electron chi connectivity index (χ1n) is 4.43. The lowest BCUT2D eigenvalue weighted by Crippen LogP contribution is -2.12. The third kappa shape index (κ3) is 1.92. The molecule has 1 aromatic carbocycles. The van der Waals surface area contributed by atoms with Crippen LogP contribution in [0.1, 0.15) is 31.9 Å². The van der Waals surface area contributed by atoms with E-state index in [1.165, 1.54) is 6.07 Å². The van der Waals surface area contributed by atoms with Crippen LogP contribution >= 0.6 is 15.9 Å². The van der Waals surface area contributed by atoms with Crippen molar-refractivity contribution in [2.75, 3.05) is 0 Å². The minimum atomic E-state index is -0.292. The topological polar surface area (TPSA) is 20.2 Å². The maximum absolute atomic E-state index is 13.4. The third-order valence-electron chi connectivity index (χ3n) is 2.23. The Labute approximate surface area is 92.1 Å². The fourth-order valence-corrected chi connectivity index (χ4v) is 1.68. The molecule has 3 heteroatoms. The first kappa shape index (κ1) is 11.5. The highest BCUT2D eigenvalue weighted by molar-refractivity contribution is 9.10. The molecule has 0 unspecified atom stereocenters. The van der Waals surface area contributed by atoms with E-state index in [2.05, 4.69) is 15.9 Å². The molecule has 0 saturated heterocycles. The van der Waals surface area contributed by atoms with Crippen molar-refractivity contribution < 1.29 is 9.50 Å². The Balaban J connectivity index is 3.49. The summed E-state index contributed by atoms with van der Waals surface area (Å²) in [5.74, 6) is -0.156. The van der Waals surface area contributed by atoms with Crippen molar-refractivity contribution in [1.82, 2.24) is 0 Å². The summed E-state index contributed by atoms with van der Waals surface area (Å²) in [7, 11) is 0. The number of halogens is 2. The number of aromatic hydroxyl groups is 1. The van der Waals surface area contributed by atoms with Crippen LogP contribution in [-0.2, 0) is 5.41 Å². The fraction of sp³-hybridized carbons (Fsp3) is 0.455.